The van der Waals surface area contributed by atoms with Gasteiger partial charge in [0.15, 0.2) is 5.70 Å². The summed E-state index contributed by atoms with van der Waals surface area (Å²) in [5, 5.41) is 0. The van der Waals surface area contributed by atoms with Crippen LogP contribution in [0.3, 0.4) is 0 Å². The molecule has 0 amide bonds. The van der Waals surface area contributed by atoms with Gasteiger partial charge in [-0.1, -0.05) is 12.1 Å². The van der Waals surface area contributed by atoms with Crippen LogP contribution in [0.5, 0.6) is 0 Å². The maximum absolute atomic E-state index is 13.0. The molecule has 2 heterocycles. The minimum absolute atomic E-state index is 0.0802. The lowest BCUT2D eigenvalue weighted by molar-refractivity contribution is -0.129. The summed E-state index contributed by atoms with van der Waals surface area (Å²) >= 11 is 0. The second-order valence-electron chi connectivity index (χ2n) is 6.43. The minimum atomic E-state index is -3.60. The van der Waals surface area contributed by atoms with Gasteiger partial charge in [-0.15, -0.1) is 0 Å². The van der Waals surface area contributed by atoms with E-state index in [1.165, 1.54) is 46.8 Å². The predicted molar refractivity (Wildman–Crippen MR) is 103 cm³/mol. The molecule has 0 unspecified atom stereocenters. The first-order chi connectivity index (χ1) is 13.9. The predicted octanol–water partition coefficient (Wildman–Crippen LogP) is 2.19. The number of morpholine rings is 1. The quantitative estimate of drug-likeness (QED) is 0.564. The number of ether oxygens (including phenoxy) is 2. The molecule has 1 saturated heterocycles. The Morgan fingerprint density at radius 3 is 2.31 bits per heavy atom. The number of rotatable bonds is 4. The van der Waals surface area contributed by atoms with E-state index in [1.807, 2.05) is 0 Å². The van der Waals surface area contributed by atoms with Crippen molar-refractivity contribution in [2.24, 2.45) is 4.99 Å². The van der Waals surface area contributed by atoms with E-state index < -0.39 is 16.0 Å². The lowest BCUT2D eigenvalue weighted by Crippen LogP contribution is -2.40. The van der Waals surface area contributed by atoms with Crippen molar-refractivity contribution >= 4 is 28.0 Å². The first-order valence-corrected chi connectivity index (χ1v) is 10.3. The molecule has 2 aliphatic rings. The first-order valence-electron chi connectivity index (χ1n) is 8.90. The summed E-state index contributed by atoms with van der Waals surface area (Å²) in [4.78, 5) is 16.4. The fourth-order valence-electron chi connectivity index (χ4n) is 2.96. The van der Waals surface area contributed by atoms with Crippen LogP contribution in [-0.4, -0.2) is 50.9 Å². The number of nitrogens with zero attached hydrogens (tertiary/aromatic N) is 2. The van der Waals surface area contributed by atoms with Gasteiger partial charge < -0.3 is 9.47 Å². The van der Waals surface area contributed by atoms with E-state index in [9.17, 15) is 17.6 Å². The monoisotopic (exact) mass is 416 g/mol. The fraction of sp³-hybridized carbons (Fsp3) is 0.200. The van der Waals surface area contributed by atoms with Crippen LogP contribution in [0.15, 0.2) is 64.1 Å². The second kappa shape index (κ2) is 7.86. The third kappa shape index (κ3) is 4.12. The molecule has 0 N–H and O–H groups in total. The molecule has 0 radical (unpaired) electrons. The number of aliphatic imine (C=N–C) groups is 1. The van der Waals surface area contributed by atoms with E-state index in [2.05, 4.69) is 4.99 Å². The Labute approximate surface area is 167 Å². The van der Waals surface area contributed by atoms with Gasteiger partial charge in [-0.05, 0) is 48.0 Å². The Balaban J connectivity index is 1.56. The van der Waals surface area contributed by atoms with Gasteiger partial charge in [-0.2, -0.15) is 4.31 Å². The van der Waals surface area contributed by atoms with E-state index in [0.29, 0.717) is 37.4 Å². The van der Waals surface area contributed by atoms with Gasteiger partial charge in [-0.25, -0.2) is 22.6 Å². The molecular formula is C20H17FN2O5S. The fourth-order valence-corrected chi connectivity index (χ4v) is 4.36. The summed E-state index contributed by atoms with van der Waals surface area (Å²) in [5.74, 6) is -0.925. The third-order valence-corrected chi connectivity index (χ3v) is 6.42. The number of carbonyl (C=O) groups is 1. The average Bonchev–Trinajstić information content (AvgIpc) is 3.11. The zero-order valence-corrected chi connectivity index (χ0v) is 16.1. The summed E-state index contributed by atoms with van der Waals surface area (Å²) in [6.07, 6.45) is 1.49. The van der Waals surface area contributed by atoms with Gasteiger partial charge in [0.1, 0.15) is 5.82 Å². The van der Waals surface area contributed by atoms with E-state index in [1.54, 1.807) is 12.1 Å². The molecule has 0 saturated carbocycles. The van der Waals surface area contributed by atoms with Crippen molar-refractivity contribution in [3.63, 3.8) is 0 Å². The normalized spacial score (nSPS) is 19.3. The maximum atomic E-state index is 13.0. The second-order valence-corrected chi connectivity index (χ2v) is 8.37. The van der Waals surface area contributed by atoms with E-state index in [4.69, 9.17) is 9.47 Å². The van der Waals surface area contributed by atoms with E-state index in [-0.39, 0.29) is 22.3 Å². The minimum Gasteiger partial charge on any atom is -0.402 e. The molecule has 4 rings (SSSR count). The maximum Gasteiger partial charge on any atom is 0.363 e. The number of carbonyl (C=O) groups excluding carboxylic acids is 1. The highest BCUT2D eigenvalue weighted by Crippen LogP contribution is 2.22. The highest BCUT2D eigenvalue weighted by Gasteiger charge is 2.28. The summed E-state index contributed by atoms with van der Waals surface area (Å²) in [7, 11) is -3.60. The van der Waals surface area contributed by atoms with Gasteiger partial charge >= 0.3 is 5.97 Å². The molecule has 0 atom stereocenters. The number of cyclic esters (lactones) is 1. The van der Waals surface area contributed by atoms with Gasteiger partial charge in [0, 0.05) is 18.7 Å². The molecule has 2 aromatic rings. The highest BCUT2D eigenvalue weighted by atomic mass is 32.2. The van der Waals surface area contributed by atoms with Crippen LogP contribution in [0, 0.1) is 5.82 Å². The Bertz CT molecular complexity index is 1090. The standard InChI is InChI=1S/C20H17FN2O5S/c21-16-5-1-14(2-6-16)13-18-20(24)28-19(22-18)15-3-7-17(8-4-15)29(25,26)23-9-11-27-12-10-23/h1-8,13H,9-12H2/b18-13-. The Morgan fingerprint density at radius 2 is 1.66 bits per heavy atom. The van der Waals surface area contributed by atoms with Crippen molar-refractivity contribution < 1.29 is 27.1 Å². The van der Waals surface area contributed by atoms with Gasteiger partial charge in [-0.3, -0.25) is 0 Å². The molecule has 0 aliphatic carbocycles. The summed E-state index contributed by atoms with van der Waals surface area (Å²) < 4.78 is 50.1. The summed E-state index contributed by atoms with van der Waals surface area (Å²) in [6, 6.07) is 11.6. The molecular weight excluding hydrogens is 399 g/mol. The van der Waals surface area contributed by atoms with Crippen molar-refractivity contribution in [3.8, 4) is 0 Å². The number of hydrogen-bond acceptors (Lipinski definition) is 6. The number of sulfonamides is 1. The van der Waals surface area contributed by atoms with Crippen molar-refractivity contribution in [3.05, 3.63) is 71.2 Å². The molecule has 150 valence electrons. The molecule has 9 heteroatoms. The third-order valence-electron chi connectivity index (χ3n) is 4.50. The first kappa shape index (κ1) is 19.4. The van der Waals surface area contributed by atoms with Crippen LogP contribution in [0.4, 0.5) is 4.39 Å². The molecule has 7 nitrogen and oxygen atoms in total. The van der Waals surface area contributed by atoms with Crippen molar-refractivity contribution in [1.29, 1.82) is 0 Å². The van der Waals surface area contributed by atoms with Crippen molar-refractivity contribution in [2.45, 2.75) is 4.90 Å². The van der Waals surface area contributed by atoms with Crippen LogP contribution in [0.2, 0.25) is 0 Å². The molecule has 29 heavy (non-hydrogen) atoms. The summed E-state index contributed by atoms with van der Waals surface area (Å²) in [6.45, 7) is 1.36. The molecule has 1 fully saturated rings. The lowest BCUT2D eigenvalue weighted by atomic mass is 10.2. The van der Waals surface area contributed by atoms with E-state index >= 15 is 0 Å². The average molecular weight is 416 g/mol. The number of halogens is 1. The van der Waals surface area contributed by atoms with Crippen LogP contribution < -0.4 is 0 Å². The van der Waals surface area contributed by atoms with Crippen LogP contribution in [-0.2, 0) is 24.3 Å². The Kier molecular flexibility index (Phi) is 5.27. The Morgan fingerprint density at radius 1 is 1.00 bits per heavy atom. The zero-order valence-electron chi connectivity index (χ0n) is 15.2. The molecule has 0 aromatic heterocycles. The SMILES string of the molecule is O=C1OC(c2ccc(S(=O)(=O)N3CCOCC3)cc2)=N/C1=C\c1ccc(F)cc1. The number of benzene rings is 2. The van der Waals surface area contributed by atoms with Crippen LogP contribution in [0.25, 0.3) is 6.08 Å². The van der Waals surface area contributed by atoms with E-state index in [0.717, 1.165) is 0 Å². The lowest BCUT2D eigenvalue weighted by Gasteiger charge is -2.26. The number of esters is 1. The van der Waals surface area contributed by atoms with Gasteiger partial charge in [0.25, 0.3) is 0 Å². The van der Waals surface area contributed by atoms with Gasteiger partial charge in [0.2, 0.25) is 15.9 Å². The topological polar surface area (TPSA) is 85.3 Å². The zero-order chi connectivity index (χ0) is 20.4. The number of hydrogen-bond donors (Lipinski definition) is 0. The summed E-state index contributed by atoms with van der Waals surface area (Å²) in [5.41, 5.74) is 1.16. The van der Waals surface area contributed by atoms with Crippen LogP contribution >= 0.6 is 0 Å². The Hall–Kier alpha value is -2.88. The van der Waals surface area contributed by atoms with Crippen molar-refractivity contribution in [2.75, 3.05) is 26.3 Å². The largest absolute Gasteiger partial charge is 0.402 e. The van der Waals surface area contributed by atoms with Crippen molar-refractivity contribution in [1.82, 2.24) is 4.31 Å². The molecule has 2 aliphatic heterocycles. The van der Waals surface area contributed by atoms with Gasteiger partial charge in [0.05, 0.1) is 18.1 Å². The smallest absolute Gasteiger partial charge is 0.363 e. The highest BCUT2D eigenvalue weighted by molar-refractivity contribution is 7.89. The van der Waals surface area contributed by atoms with Crippen LogP contribution in [0.1, 0.15) is 11.1 Å². The molecule has 2 aromatic carbocycles. The molecule has 0 spiro atoms. The molecule has 0 bridgehead atoms.